The summed E-state index contributed by atoms with van der Waals surface area (Å²) in [5.74, 6) is -0.936. The Morgan fingerprint density at radius 2 is 1.94 bits per heavy atom. The molecule has 2 aromatic rings. The number of hydrogen-bond donors (Lipinski definition) is 1. The van der Waals surface area contributed by atoms with Crippen LogP contribution in [0.1, 0.15) is 51.3 Å². The Kier molecular flexibility index (Phi) is 8.14. The number of benzene rings is 1. The van der Waals surface area contributed by atoms with Crippen LogP contribution >= 0.6 is 11.6 Å². The number of carbonyl (C=O) groups excluding carboxylic acids is 2. The van der Waals surface area contributed by atoms with Crippen LogP contribution in [0.4, 0.5) is 0 Å². The molecule has 3 rings (SSSR count). The molecule has 2 atom stereocenters. The highest BCUT2D eigenvalue weighted by molar-refractivity contribution is 6.30. The molecule has 7 heteroatoms. The van der Waals surface area contributed by atoms with Crippen molar-refractivity contribution in [2.45, 2.75) is 64.0 Å². The summed E-state index contributed by atoms with van der Waals surface area (Å²) < 4.78 is 5.52. The Balaban J connectivity index is 1.74. The number of nitrogens with zero attached hydrogens (tertiary/aromatic N) is 1. The van der Waals surface area contributed by atoms with Gasteiger partial charge in [-0.1, -0.05) is 29.8 Å². The maximum absolute atomic E-state index is 13.6. The zero-order valence-electron chi connectivity index (χ0n) is 19.8. The van der Waals surface area contributed by atoms with E-state index in [1.54, 1.807) is 0 Å². The summed E-state index contributed by atoms with van der Waals surface area (Å²) in [5, 5.41) is 0.688. The molecule has 0 aliphatic carbocycles. The van der Waals surface area contributed by atoms with Gasteiger partial charge in [0.25, 0.3) is 0 Å². The molecule has 1 aromatic carbocycles. The van der Waals surface area contributed by atoms with Gasteiger partial charge in [0, 0.05) is 42.2 Å². The van der Waals surface area contributed by atoms with E-state index in [-0.39, 0.29) is 18.3 Å². The highest BCUT2D eigenvalue weighted by Gasteiger charge is 2.37. The zero-order chi connectivity index (χ0) is 24.1. The second-order valence-corrected chi connectivity index (χ2v) is 10.5. The van der Waals surface area contributed by atoms with Gasteiger partial charge in [0.05, 0.1) is 12.3 Å². The Bertz CT molecular complexity index is 944. The number of amides is 1. The van der Waals surface area contributed by atoms with Gasteiger partial charge in [0.2, 0.25) is 5.91 Å². The third-order valence-electron chi connectivity index (χ3n) is 5.81. The van der Waals surface area contributed by atoms with Crippen molar-refractivity contribution in [1.29, 1.82) is 0 Å². The largest absolute Gasteiger partial charge is 0.460 e. The summed E-state index contributed by atoms with van der Waals surface area (Å²) in [5.41, 5.74) is 7.65. The molecule has 3 N–H and O–H groups in total. The minimum Gasteiger partial charge on any atom is -0.460 e. The van der Waals surface area contributed by atoms with Crippen LogP contribution in [0, 0.1) is 5.92 Å². The topological polar surface area (TPSA) is 86.8 Å². The van der Waals surface area contributed by atoms with Gasteiger partial charge in [0.15, 0.2) is 11.9 Å². The second kappa shape index (κ2) is 10.7. The van der Waals surface area contributed by atoms with Gasteiger partial charge < -0.3 is 15.4 Å². The number of H-pyrrole nitrogens is 1. The fourth-order valence-corrected chi connectivity index (χ4v) is 4.54. The van der Waals surface area contributed by atoms with Gasteiger partial charge in [-0.25, -0.2) is 4.98 Å². The van der Waals surface area contributed by atoms with Gasteiger partial charge in [-0.15, -0.1) is 0 Å². The van der Waals surface area contributed by atoms with E-state index in [1.165, 1.54) is 0 Å². The molecule has 1 aliphatic rings. The van der Waals surface area contributed by atoms with Crippen molar-refractivity contribution in [3.63, 3.8) is 0 Å². The number of aromatic amines is 1. The van der Waals surface area contributed by atoms with Crippen LogP contribution in [-0.2, 0) is 27.2 Å². The number of pyridine rings is 1. The first-order chi connectivity index (χ1) is 15.5. The monoisotopic (exact) mass is 472 g/mol. The lowest BCUT2D eigenvalue weighted by Crippen LogP contribution is -2.58. The molecule has 0 saturated carbocycles. The van der Waals surface area contributed by atoms with Crippen molar-refractivity contribution in [2.24, 2.45) is 11.7 Å². The average Bonchev–Trinajstić information content (AvgIpc) is 2.74. The average molecular weight is 473 g/mol. The summed E-state index contributed by atoms with van der Waals surface area (Å²) in [7, 11) is 0. The predicted molar refractivity (Wildman–Crippen MR) is 129 cm³/mol. The molecule has 1 aliphatic heterocycles. The van der Waals surface area contributed by atoms with Gasteiger partial charge in [-0.2, -0.15) is 0 Å². The first-order valence-corrected chi connectivity index (χ1v) is 11.9. The number of nitrogens with one attached hydrogen (secondary N) is 1. The standard InChI is InChI=1S/C26H34ClN3O3/c1-25(2,3)33-23(31)16-20(15-22-7-4-5-13-29-22)24(32)30-14-6-12-26(28,18-30)17-19-8-10-21(27)11-9-19/h4-5,7-11,13,20H,6,12,14-18,28H2,1-3H3/p+1/t20-,26-/m1/s1. The van der Waals surface area contributed by atoms with E-state index in [9.17, 15) is 9.59 Å². The number of aromatic nitrogens is 1. The number of hydrogen-bond acceptors (Lipinski definition) is 4. The van der Waals surface area contributed by atoms with Crippen LogP contribution in [0.3, 0.4) is 0 Å². The molecule has 1 amide bonds. The predicted octanol–water partition coefficient (Wildman–Crippen LogP) is 3.61. The van der Waals surface area contributed by atoms with Crippen molar-refractivity contribution in [1.82, 2.24) is 4.90 Å². The van der Waals surface area contributed by atoms with Gasteiger partial charge in [-0.05, 0) is 57.7 Å². The third-order valence-corrected chi connectivity index (χ3v) is 6.06. The lowest BCUT2D eigenvalue weighted by Gasteiger charge is -2.41. The van der Waals surface area contributed by atoms with Crippen molar-refractivity contribution >= 4 is 23.5 Å². The Hall–Kier alpha value is -2.44. The second-order valence-electron chi connectivity index (χ2n) is 10.1. The Morgan fingerprint density at radius 3 is 2.58 bits per heavy atom. The van der Waals surface area contributed by atoms with E-state index >= 15 is 0 Å². The van der Waals surface area contributed by atoms with Crippen LogP contribution < -0.4 is 10.7 Å². The smallest absolute Gasteiger partial charge is 0.307 e. The normalized spacial score (nSPS) is 19.7. The number of rotatable bonds is 7. The van der Waals surface area contributed by atoms with Crippen molar-refractivity contribution in [3.8, 4) is 0 Å². The lowest BCUT2D eigenvalue weighted by atomic mass is 9.83. The van der Waals surface area contributed by atoms with Crippen LogP contribution in [-0.4, -0.2) is 41.0 Å². The molecule has 6 nitrogen and oxygen atoms in total. The number of carbonyl (C=O) groups is 2. The summed E-state index contributed by atoms with van der Waals surface area (Å²) in [6, 6.07) is 13.4. The number of halogens is 1. The van der Waals surface area contributed by atoms with Crippen molar-refractivity contribution in [3.05, 3.63) is 64.9 Å². The van der Waals surface area contributed by atoms with Gasteiger partial charge in [-0.3, -0.25) is 9.59 Å². The summed E-state index contributed by atoms with van der Waals surface area (Å²) in [6.45, 7) is 6.59. The highest BCUT2D eigenvalue weighted by atomic mass is 35.5. The molecule has 0 radical (unpaired) electrons. The van der Waals surface area contributed by atoms with Crippen LogP contribution in [0.2, 0.25) is 5.02 Å². The minimum atomic E-state index is -0.598. The van der Waals surface area contributed by atoms with Crippen LogP contribution in [0.5, 0.6) is 0 Å². The molecule has 0 spiro atoms. The zero-order valence-corrected chi connectivity index (χ0v) is 20.5. The maximum Gasteiger partial charge on any atom is 0.307 e. The fourth-order valence-electron chi connectivity index (χ4n) is 4.41. The Labute approximate surface area is 201 Å². The summed E-state index contributed by atoms with van der Waals surface area (Å²) >= 11 is 6.01. The maximum atomic E-state index is 13.6. The van der Waals surface area contributed by atoms with E-state index in [0.717, 1.165) is 24.1 Å². The van der Waals surface area contributed by atoms with E-state index in [1.807, 2.05) is 74.3 Å². The third kappa shape index (κ3) is 7.83. The molecular formula is C26H35ClN3O3+. The molecule has 1 saturated heterocycles. The van der Waals surface area contributed by atoms with E-state index in [0.29, 0.717) is 31.0 Å². The van der Waals surface area contributed by atoms with Gasteiger partial charge >= 0.3 is 5.97 Å². The number of piperidine rings is 1. The van der Waals surface area contributed by atoms with Crippen LogP contribution in [0.25, 0.3) is 0 Å². The summed E-state index contributed by atoms with van der Waals surface area (Å²) in [4.78, 5) is 31.2. The molecule has 0 unspecified atom stereocenters. The number of nitrogens with two attached hydrogens (primary N) is 1. The lowest BCUT2D eigenvalue weighted by molar-refractivity contribution is -0.390. The molecule has 2 heterocycles. The summed E-state index contributed by atoms with van der Waals surface area (Å²) in [6.07, 6.45) is 4.61. The Morgan fingerprint density at radius 1 is 1.21 bits per heavy atom. The molecule has 1 fully saturated rings. The molecule has 33 heavy (non-hydrogen) atoms. The van der Waals surface area contributed by atoms with E-state index in [4.69, 9.17) is 22.1 Å². The molecular weight excluding hydrogens is 438 g/mol. The first-order valence-electron chi connectivity index (χ1n) is 11.5. The SMILES string of the molecule is CC(C)(C)OC(=O)C[C@@H](Cc1cccc[nH+]1)C(=O)N1CCC[C@@](N)(Cc2ccc(Cl)cc2)C1. The van der Waals surface area contributed by atoms with E-state index in [2.05, 4.69) is 4.98 Å². The minimum absolute atomic E-state index is 0.0318. The van der Waals surface area contributed by atoms with Crippen molar-refractivity contribution < 1.29 is 19.3 Å². The van der Waals surface area contributed by atoms with E-state index < -0.39 is 17.1 Å². The van der Waals surface area contributed by atoms with Crippen LogP contribution in [0.15, 0.2) is 48.7 Å². The fraction of sp³-hybridized carbons (Fsp3) is 0.500. The first kappa shape index (κ1) is 25.2. The molecule has 178 valence electrons. The number of likely N-dealkylation sites (tertiary alicyclic amines) is 1. The van der Waals surface area contributed by atoms with Gasteiger partial charge in [0.1, 0.15) is 5.60 Å². The molecule has 1 aromatic heterocycles. The van der Waals surface area contributed by atoms with Crippen molar-refractivity contribution in [2.75, 3.05) is 13.1 Å². The molecule has 0 bridgehead atoms. The number of esters is 1. The quantitative estimate of drug-likeness (QED) is 0.623. The highest BCUT2D eigenvalue weighted by Crippen LogP contribution is 2.26. The number of ether oxygens (including phenoxy) is 1.